The van der Waals surface area contributed by atoms with E-state index in [1.807, 2.05) is 17.7 Å². The van der Waals surface area contributed by atoms with E-state index in [0.717, 1.165) is 35.2 Å². The Morgan fingerprint density at radius 3 is 2.71 bits per heavy atom. The maximum Gasteiger partial charge on any atom is 0.124 e. The summed E-state index contributed by atoms with van der Waals surface area (Å²) in [4.78, 5) is 0. The molecule has 0 amide bonds. The first-order chi connectivity index (χ1) is 10.0. The van der Waals surface area contributed by atoms with E-state index in [1.54, 1.807) is 0 Å². The van der Waals surface area contributed by atoms with Crippen molar-refractivity contribution in [3.05, 3.63) is 51.5 Å². The highest BCUT2D eigenvalue weighted by molar-refractivity contribution is 9.10. The Morgan fingerprint density at radius 1 is 1.33 bits per heavy atom. The Hall–Kier alpha value is -1.20. The zero-order valence-corrected chi connectivity index (χ0v) is 14.2. The number of rotatable bonds is 6. The number of halogens is 2. The van der Waals surface area contributed by atoms with E-state index < -0.39 is 0 Å². The number of likely N-dealkylation sites (N-methyl/N-ethyl adjacent to an activating group) is 1. The number of aromatic nitrogens is 2. The number of aryl methyl sites for hydroxylation is 2. The van der Waals surface area contributed by atoms with Gasteiger partial charge in [0, 0.05) is 11.0 Å². The molecule has 114 valence electrons. The fraction of sp³-hybridized carbons (Fsp3) is 0.438. The van der Waals surface area contributed by atoms with Gasteiger partial charge in [-0.3, -0.25) is 4.68 Å². The SMILES string of the molecule is CCNC(Cc1ccc(F)cc1Br)c1cc(C)nn1CC. The van der Waals surface area contributed by atoms with Gasteiger partial charge in [-0.1, -0.05) is 28.9 Å². The lowest BCUT2D eigenvalue weighted by atomic mass is 10.0. The van der Waals surface area contributed by atoms with Gasteiger partial charge in [-0.2, -0.15) is 5.10 Å². The standard InChI is InChI=1S/C16H21BrFN3/c1-4-19-15(16-8-11(3)20-21(16)5-2)9-12-6-7-13(18)10-14(12)17/h6-8,10,15,19H,4-5,9H2,1-3H3. The fourth-order valence-electron chi connectivity index (χ4n) is 2.53. The minimum absolute atomic E-state index is 0.165. The molecule has 1 unspecified atom stereocenters. The van der Waals surface area contributed by atoms with E-state index in [0.29, 0.717) is 0 Å². The Balaban J connectivity index is 2.30. The molecule has 2 aromatic rings. The van der Waals surface area contributed by atoms with Gasteiger partial charge in [0.2, 0.25) is 0 Å². The van der Waals surface area contributed by atoms with Crippen LogP contribution < -0.4 is 5.32 Å². The van der Waals surface area contributed by atoms with Gasteiger partial charge < -0.3 is 5.32 Å². The first kappa shape index (κ1) is 16.2. The molecule has 0 spiro atoms. The Labute approximate surface area is 133 Å². The lowest BCUT2D eigenvalue weighted by molar-refractivity contribution is 0.489. The minimum Gasteiger partial charge on any atom is -0.309 e. The van der Waals surface area contributed by atoms with Crippen molar-refractivity contribution in [2.75, 3.05) is 6.54 Å². The van der Waals surface area contributed by atoms with Crippen LogP contribution >= 0.6 is 15.9 Å². The molecule has 3 nitrogen and oxygen atoms in total. The molecule has 1 aromatic heterocycles. The second kappa shape index (κ2) is 7.18. The Morgan fingerprint density at radius 2 is 2.10 bits per heavy atom. The number of nitrogens with zero attached hydrogens (tertiary/aromatic N) is 2. The molecule has 5 heteroatoms. The van der Waals surface area contributed by atoms with Crippen LogP contribution in [0.1, 0.15) is 36.8 Å². The third-order valence-electron chi connectivity index (χ3n) is 3.48. The molecule has 2 rings (SSSR count). The summed E-state index contributed by atoms with van der Waals surface area (Å²) in [5.74, 6) is -0.222. The molecule has 1 aromatic carbocycles. The minimum atomic E-state index is -0.222. The van der Waals surface area contributed by atoms with Crippen LogP contribution in [-0.2, 0) is 13.0 Å². The molecule has 0 saturated carbocycles. The average molecular weight is 354 g/mol. The van der Waals surface area contributed by atoms with Crippen molar-refractivity contribution >= 4 is 15.9 Å². The van der Waals surface area contributed by atoms with Crippen LogP contribution in [-0.4, -0.2) is 16.3 Å². The van der Waals surface area contributed by atoms with Crippen LogP contribution in [0.5, 0.6) is 0 Å². The molecule has 0 aliphatic rings. The summed E-state index contributed by atoms with van der Waals surface area (Å²) in [5.41, 5.74) is 3.28. The van der Waals surface area contributed by atoms with Crippen LogP contribution in [0.25, 0.3) is 0 Å². The zero-order chi connectivity index (χ0) is 15.4. The molecule has 21 heavy (non-hydrogen) atoms. The van der Waals surface area contributed by atoms with Crippen molar-refractivity contribution in [3.8, 4) is 0 Å². The van der Waals surface area contributed by atoms with Crippen molar-refractivity contribution in [2.45, 2.75) is 39.8 Å². The van der Waals surface area contributed by atoms with Crippen LogP contribution in [0.15, 0.2) is 28.7 Å². The first-order valence-electron chi connectivity index (χ1n) is 7.26. The monoisotopic (exact) mass is 353 g/mol. The van der Waals surface area contributed by atoms with E-state index in [4.69, 9.17) is 0 Å². The summed E-state index contributed by atoms with van der Waals surface area (Å²) < 4.78 is 16.1. The third kappa shape index (κ3) is 3.92. The van der Waals surface area contributed by atoms with E-state index in [2.05, 4.69) is 46.3 Å². The molecular formula is C16H21BrFN3. The molecule has 0 fully saturated rings. The second-order valence-electron chi connectivity index (χ2n) is 5.08. The highest BCUT2D eigenvalue weighted by atomic mass is 79.9. The smallest absolute Gasteiger partial charge is 0.124 e. The van der Waals surface area contributed by atoms with Crippen molar-refractivity contribution in [3.63, 3.8) is 0 Å². The lowest BCUT2D eigenvalue weighted by Gasteiger charge is -2.20. The second-order valence-corrected chi connectivity index (χ2v) is 5.93. The van der Waals surface area contributed by atoms with Gasteiger partial charge in [-0.05, 0) is 50.6 Å². The normalized spacial score (nSPS) is 12.6. The average Bonchev–Trinajstić information content (AvgIpc) is 2.82. The molecule has 1 heterocycles. The molecule has 0 saturated heterocycles. The first-order valence-corrected chi connectivity index (χ1v) is 8.06. The molecule has 1 atom stereocenters. The maximum atomic E-state index is 13.2. The highest BCUT2D eigenvalue weighted by Crippen LogP contribution is 2.25. The molecule has 1 N–H and O–H groups in total. The van der Waals surface area contributed by atoms with Gasteiger partial charge in [-0.15, -0.1) is 0 Å². The fourth-order valence-corrected chi connectivity index (χ4v) is 3.05. The van der Waals surface area contributed by atoms with Crippen LogP contribution in [0.2, 0.25) is 0 Å². The summed E-state index contributed by atoms with van der Waals surface area (Å²) in [6.45, 7) is 7.90. The highest BCUT2D eigenvalue weighted by Gasteiger charge is 2.18. The van der Waals surface area contributed by atoms with Crippen LogP contribution in [0.4, 0.5) is 4.39 Å². The van der Waals surface area contributed by atoms with Crippen molar-refractivity contribution < 1.29 is 4.39 Å². The van der Waals surface area contributed by atoms with E-state index in [1.165, 1.54) is 17.8 Å². The molecular weight excluding hydrogens is 333 g/mol. The van der Waals surface area contributed by atoms with Crippen LogP contribution in [0, 0.1) is 12.7 Å². The van der Waals surface area contributed by atoms with Gasteiger partial charge in [0.15, 0.2) is 0 Å². The summed E-state index contributed by atoms with van der Waals surface area (Å²) in [5, 5.41) is 8.02. The predicted molar refractivity (Wildman–Crippen MR) is 86.9 cm³/mol. The van der Waals surface area contributed by atoms with Crippen molar-refractivity contribution in [2.24, 2.45) is 0 Å². The summed E-state index contributed by atoms with van der Waals surface area (Å²) in [6.07, 6.45) is 0.792. The van der Waals surface area contributed by atoms with Crippen molar-refractivity contribution in [1.82, 2.24) is 15.1 Å². The van der Waals surface area contributed by atoms with Crippen LogP contribution in [0.3, 0.4) is 0 Å². The topological polar surface area (TPSA) is 29.9 Å². The van der Waals surface area contributed by atoms with Gasteiger partial charge in [0.25, 0.3) is 0 Å². The van der Waals surface area contributed by atoms with E-state index >= 15 is 0 Å². The molecule has 0 aliphatic heterocycles. The predicted octanol–water partition coefficient (Wildman–Crippen LogP) is 4.01. The Bertz CT molecular complexity index is 610. The molecule has 0 radical (unpaired) electrons. The van der Waals surface area contributed by atoms with Gasteiger partial charge in [-0.25, -0.2) is 4.39 Å². The zero-order valence-electron chi connectivity index (χ0n) is 12.7. The molecule has 0 aliphatic carbocycles. The maximum absolute atomic E-state index is 13.2. The quantitative estimate of drug-likeness (QED) is 0.850. The number of benzene rings is 1. The number of nitrogens with one attached hydrogen (secondary N) is 1. The summed E-state index contributed by atoms with van der Waals surface area (Å²) in [7, 11) is 0. The van der Waals surface area contributed by atoms with Gasteiger partial charge in [0.1, 0.15) is 5.82 Å². The summed E-state index contributed by atoms with van der Waals surface area (Å²) >= 11 is 3.45. The van der Waals surface area contributed by atoms with E-state index in [9.17, 15) is 4.39 Å². The number of hydrogen-bond acceptors (Lipinski definition) is 2. The largest absolute Gasteiger partial charge is 0.309 e. The summed E-state index contributed by atoms with van der Waals surface area (Å²) in [6, 6.07) is 7.14. The number of hydrogen-bond donors (Lipinski definition) is 1. The lowest BCUT2D eigenvalue weighted by Crippen LogP contribution is -2.25. The van der Waals surface area contributed by atoms with Gasteiger partial charge >= 0.3 is 0 Å². The van der Waals surface area contributed by atoms with Crippen molar-refractivity contribution in [1.29, 1.82) is 0 Å². The van der Waals surface area contributed by atoms with Gasteiger partial charge in [0.05, 0.1) is 17.4 Å². The molecule has 0 bridgehead atoms. The third-order valence-corrected chi connectivity index (χ3v) is 4.22. The van der Waals surface area contributed by atoms with E-state index in [-0.39, 0.29) is 11.9 Å². The Kier molecular flexibility index (Phi) is 5.53.